The van der Waals surface area contributed by atoms with E-state index in [1.807, 2.05) is 51.1 Å². The Kier molecular flexibility index (Phi) is 6.26. The van der Waals surface area contributed by atoms with E-state index < -0.39 is 10.0 Å². The Labute approximate surface area is 192 Å². The number of benzene rings is 2. The van der Waals surface area contributed by atoms with Gasteiger partial charge in [0.2, 0.25) is 0 Å². The average Bonchev–Trinajstić information content (AvgIpc) is 3.52. The first kappa shape index (κ1) is 22.4. The molecule has 1 fully saturated rings. The molecule has 2 N–H and O–H groups in total. The van der Waals surface area contributed by atoms with Crippen molar-refractivity contribution in [2.24, 2.45) is 0 Å². The van der Waals surface area contributed by atoms with Gasteiger partial charge in [-0.25, -0.2) is 13.4 Å². The third-order valence-corrected chi connectivity index (χ3v) is 7.76. The van der Waals surface area contributed by atoms with Gasteiger partial charge in [0.05, 0.1) is 10.5 Å². The number of aromatic nitrogens is 1. The highest BCUT2D eigenvalue weighted by molar-refractivity contribution is 7.99. The van der Waals surface area contributed by atoms with E-state index >= 15 is 0 Å². The first-order valence-electron chi connectivity index (χ1n) is 10.4. The summed E-state index contributed by atoms with van der Waals surface area (Å²) in [6, 6.07) is 14.8. The fourth-order valence-corrected chi connectivity index (χ4v) is 5.85. The smallest absolute Gasteiger partial charge is 0.262 e. The normalized spacial score (nSPS) is 13.6. The number of carbonyl (C=O) groups excluding carboxylic acids is 1. The molecule has 0 atom stereocenters. The summed E-state index contributed by atoms with van der Waals surface area (Å²) in [6.07, 6.45) is 3.67. The van der Waals surface area contributed by atoms with Gasteiger partial charge in [-0.05, 0) is 81.1 Å². The maximum Gasteiger partial charge on any atom is 0.262 e. The van der Waals surface area contributed by atoms with Crippen molar-refractivity contribution in [2.75, 3.05) is 4.72 Å². The number of amides is 1. The van der Waals surface area contributed by atoms with Gasteiger partial charge in [0.25, 0.3) is 15.9 Å². The average molecular weight is 468 g/mol. The molecule has 1 heterocycles. The van der Waals surface area contributed by atoms with Crippen LogP contribution in [0, 0.1) is 20.8 Å². The molecule has 1 amide bonds. The Balaban J connectivity index is 1.42. The number of pyridine rings is 1. The molecule has 0 saturated heterocycles. The highest BCUT2D eigenvalue weighted by atomic mass is 32.2. The lowest BCUT2D eigenvalue weighted by molar-refractivity contribution is 0.0950. The van der Waals surface area contributed by atoms with Crippen LogP contribution in [-0.4, -0.2) is 25.4 Å². The molecular weight excluding hydrogens is 442 g/mol. The minimum atomic E-state index is -3.69. The van der Waals surface area contributed by atoms with E-state index in [1.54, 1.807) is 24.4 Å². The number of aryl methyl sites for hydroxylation is 3. The first-order valence-corrected chi connectivity index (χ1v) is 12.7. The molecule has 0 unspecified atom stereocenters. The summed E-state index contributed by atoms with van der Waals surface area (Å²) < 4.78 is 28.5. The Morgan fingerprint density at radius 3 is 2.22 bits per heavy atom. The van der Waals surface area contributed by atoms with Crippen molar-refractivity contribution >= 4 is 33.4 Å². The molecule has 32 heavy (non-hydrogen) atoms. The molecule has 4 rings (SSSR count). The fraction of sp³-hybridized carbons (Fsp3) is 0.250. The van der Waals surface area contributed by atoms with Crippen LogP contribution in [-0.2, 0) is 10.0 Å². The Hall–Kier alpha value is -2.84. The van der Waals surface area contributed by atoms with Crippen LogP contribution in [0.1, 0.15) is 39.9 Å². The van der Waals surface area contributed by atoms with Crippen molar-refractivity contribution in [3.8, 4) is 0 Å². The molecule has 1 aliphatic carbocycles. The molecule has 8 heteroatoms. The van der Waals surface area contributed by atoms with Crippen LogP contribution in [0.25, 0.3) is 0 Å². The number of anilines is 1. The van der Waals surface area contributed by atoms with E-state index in [2.05, 4.69) is 15.0 Å². The predicted molar refractivity (Wildman–Crippen MR) is 127 cm³/mol. The van der Waals surface area contributed by atoms with E-state index in [0.29, 0.717) is 22.2 Å². The molecule has 1 aliphatic rings. The molecule has 0 bridgehead atoms. The van der Waals surface area contributed by atoms with Crippen molar-refractivity contribution in [1.82, 2.24) is 10.3 Å². The maximum atomic E-state index is 12.9. The SMILES string of the molecule is Cc1cc(C)c(S(=O)(=O)Nc2ccc(Sc3ccc(C(=O)NC4CC4)cn3)cc2)c(C)c1. The van der Waals surface area contributed by atoms with Crippen LogP contribution in [0.3, 0.4) is 0 Å². The third-order valence-electron chi connectivity index (χ3n) is 5.11. The van der Waals surface area contributed by atoms with Crippen molar-refractivity contribution in [3.63, 3.8) is 0 Å². The Morgan fingerprint density at radius 1 is 1.00 bits per heavy atom. The van der Waals surface area contributed by atoms with Crippen molar-refractivity contribution in [2.45, 2.75) is 54.5 Å². The van der Waals surface area contributed by atoms with Gasteiger partial charge in [0, 0.05) is 22.8 Å². The van der Waals surface area contributed by atoms with E-state index in [4.69, 9.17) is 0 Å². The van der Waals surface area contributed by atoms with E-state index in [1.165, 1.54) is 11.8 Å². The number of rotatable bonds is 7. The van der Waals surface area contributed by atoms with Crippen LogP contribution < -0.4 is 10.0 Å². The van der Waals surface area contributed by atoms with Gasteiger partial charge in [0.1, 0.15) is 5.03 Å². The molecule has 3 aromatic rings. The van der Waals surface area contributed by atoms with Crippen LogP contribution >= 0.6 is 11.8 Å². The molecule has 166 valence electrons. The summed E-state index contributed by atoms with van der Waals surface area (Å²) in [5.74, 6) is -0.0905. The van der Waals surface area contributed by atoms with Crippen LogP contribution in [0.15, 0.2) is 69.5 Å². The molecule has 6 nitrogen and oxygen atoms in total. The summed E-state index contributed by atoms with van der Waals surface area (Å²) in [4.78, 5) is 17.7. The van der Waals surface area contributed by atoms with Gasteiger partial charge >= 0.3 is 0 Å². The summed E-state index contributed by atoms with van der Waals surface area (Å²) in [5.41, 5.74) is 3.53. The first-order chi connectivity index (χ1) is 15.2. The topological polar surface area (TPSA) is 88.2 Å². The van der Waals surface area contributed by atoms with Gasteiger partial charge in [0.15, 0.2) is 0 Å². The lowest BCUT2D eigenvalue weighted by Gasteiger charge is -2.14. The highest BCUT2D eigenvalue weighted by Gasteiger charge is 2.24. The van der Waals surface area contributed by atoms with Gasteiger partial charge in [-0.1, -0.05) is 29.5 Å². The standard InChI is InChI=1S/C24H25N3O3S2/c1-15-12-16(2)23(17(3)13-15)32(29,30)27-20-7-9-21(10-8-20)31-22-11-4-18(14-25-22)24(28)26-19-5-6-19/h4,7-14,19,27H,5-6H2,1-3H3,(H,26,28). The van der Waals surface area contributed by atoms with Crippen LogP contribution in [0.5, 0.6) is 0 Å². The monoisotopic (exact) mass is 467 g/mol. The van der Waals surface area contributed by atoms with E-state index in [-0.39, 0.29) is 5.91 Å². The van der Waals surface area contributed by atoms with Crippen molar-refractivity contribution < 1.29 is 13.2 Å². The zero-order valence-electron chi connectivity index (χ0n) is 18.2. The summed E-state index contributed by atoms with van der Waals surface area (Å²) in [7, 11) is -3.69. The second-order valence-electron chi connectivity index (χ2n) is 8.09. The molecule has 1 aromatic heterocycles. The number of carbonyl (C=O) groups is 1. The van der Waals surface area contributed by atoms with Gasteiger partial charge in [-0.3, -0.25) is 9.52 Å². The molecule has 0 spiro atoms. The highest BCUT2D eigenvalue weighted by Crippen LogP contribution is 2.29. The lowest BCUT2D eigenvalue weighted by Crippen LogP contribution is -2.25. The van der Waals surface area contributed by atoms with Gasteiger partial charge in [-0.15, -0.1) is 0 Å². The predicted octanol–water partition coefficient (Wildman–Crippen LogP) is 4.85. The van der Waals surface area contributed by atoms with Gasteiger partial charge < -0.3 is 5.32 Å². The number of nitrogens with zero attached hydrogens (tertiary/aromatic N) is 1. The molecule has 0 aliphatic heterocycles. The quantitative estimate of drug-likeness (QED) is 0.519. The van der Waals surface area contributed by atoms with Crippen LogP contribution in [0.4, 0.5) is 5.69 Å². The van der Waals surface area contributed by atoms with E-state index in [9.17, 15) is 13.2 Å². The maximum absolute atomic E-state index is 12.9. The minimum Gasteiger partial charge on any atom is -0.349 e. The lowest BCUT2D eigenvalue weighted by atomic mass is 10.1. The number of hydrogen-bond donors (Lipinski definition) is 2. The second kappa shape index (κ2) is 8.96. The second-order valence-corrected chi connectivity index (χ2v) is 10.8. The largest absolute Gasteiger partial charge is 0.349 e. The minimum absolute atomic E-state index is 0.0905. The zero-order chi connectivity index (χ0) is 22.9. The number of nitrogens with one attached hydrogen (secondary N) is 2. The summed E-state index contributed by atoms with van der Waals surface area (Å²) in [5, 5.41) is 3.70. The molecule has 0 radical (unpaired) electrons. The van der Waals surface area contributed by atoms with Gasteiger partial charge in [-0.2, -0.15) is 0 Å². The number of hydrogen-bond acceptors (Lipinski definition) is 5. The molecular formula is C24H25N3O3S2. The summed E-state index contributed by atoms with van der Waals surface area (Å²) >= 11 is 1.44. The molecule has 2 aromatic carbocycles. The van der Waals surface area contributed by atoms with Crippen molar-refractivity contribution in [1.29, 1.82) is 0 Å². The Morgan fingerprint density at radius 2 is 1.66 bits per heavy atom. The molecule has 1 saturated carbocycles. The fourth-order valence-electron chi connectivity index (χ4n) is 3.58. The number of sulfonamides is 1. The van der Waals surface area contributed by atoms with E-state index in [0.717, 1.165) is 39.5 Å². The Bertz CT molecular complexity index is 1230. The van der Waals surface area contributed by atoms with Crippen LogP contribution in [0.2, 0.25) is 0 Å². The zero-order valence-corrected chi connectivity index (χ0v) is 19.8. The van der Waals surface area contributed by atoms with Crippen molar-refractivity contribution in [3.05, 3.63) is 77.0 Å². The third kappa shape index (κ3) is 5.31. The summed E-state index contributed by atoms with van der Waals surface area (Å²) in [6.45, 7) is 5.57.